The first-order valence-corrected chi connectivity index (χ1v) is 7.50. The predicted molar refractivity (Wildman–Crippen MR) is 65.7 cm³/mol. The van der Waals surface area contributed by atoms with Gasteiger partial charge in [0.1, 0.15) is 0 Å². The summed E-state index contributed by atoms with van der Waals surface area (Å²) in [6, 6.07) is 0. The van der Waals surface area contributed by atoms with Crippen LogP contribution in [0.25, 0.3) is 0 Å². The first kappa shape index (κ1) is 15.4. The van der Waals surface area contributed by atoms with Gasteiger partial charge < -0.3 is 14.8 Å². The van der Waals surface area contributed by atoms with E-state index in [1.165, 1.54) is 4.31 Å². The van der Waals surface area contributed by atoms with Crippen molar-refractivity contribution in [2.75, 3.05) is 45.6 Å². The van der Waals surface area contributed by atoms with Crippen LogP contribution in [0.2, 0.25) is 0 Å². The van der Waals surface area contributed by atoms with Gasteiger partial charge in [-0.2, -0.15) is 4.31 Å². The largest absolute Gasteiger partial charge is 0.465 e. The van der Waals surface area contributed by atoms with Gasteiger partial charge in [0.15, 0.2) is 5.75 Å². The van der Waals surface area contributed by atoms with E-state index in [1.807, 2.05) is 0 Å². The second-order valence-corrected chi connectivity index (χ2v) is 5.94. The van der Waals surface area contributed by atoms with Crippen LogP contribution < -0.4 is 5.32 Å². The van der Waals surface area contributed by atoms with E-state index < -0.39 is 21.7 Å². The van der Waals surface area contributed by atoms with Crippen LogP contribution >= 0.6 is 0 Å². The highest BCUT2D eigenvalue weighted by molar-refractivity contribution is 7.89. The van der Waals surface area contributed by atoms with Crippen molar-refractivity contribution in [2.24, 2.45) is 0 Å². The molecule has 1 unspecified atom stereocenters. The lowest BCUT2D eigenvalue weighted by atomic mass is 10.3. The zero-order valence-corrected chi connectivity index (χ0v) is 11.5. The standard InChI is InChI=1S/C10H20N2O5S/c1-3-16-10(13)8-18(14,15)12-4-5-17-9(7-12)6-11-2/h9,11H,3-8H2,1-2H3. The zero-order chi connectivity index (χ0) is 13.6. The summed E-state index contributed by atoms with van der Waals surface area (Å²) in [5.74, 6) is -1.32. The monoisotopic (exact) mass is 280 g/mol. The Morgan fingerprint density at radius 1 is 1.56 bits per heavy atom. The molecule has 1 heterocycles. The summed E-state index contributed by atoms with van der Waals surface area (Å²) in [6.45, 7) is 3.28. The number of esters is 1. The van der Waals surface area contributed by atoms with E-state index in [1.54, 1.807) is 14.0 Å². The number of carbonyl (C=O) groups excluding carboxylic acids is 1. The Morgan fingerprint density at radius 2 is 2.28 bits per heavy atom. The molecule has 0 spiro atoms. The number of carbonyl (C=O) groups is 1. The van der Waals surface area contributed by atoms with Crippen LogP contribution in [0.3, 0.4) is 0 Å². The summed E-state index contributed by atoms with van der Waals surface area (Å²) in [7, 11) is -1.83. The number of rotatable bonds is 6. The molecule has 1 rings (SSSR count). The van der Waals surface area contributed by atoms with Crippen molar-refractivity contribution >= 4 is 16.0 Å². The molecule has 1 aliphatic rings. The van der Waals surface area contributed by atoms with Gasteiger partial charge in [0, 0.05) is 19.6 Å². The average molecular weight is 280 g/mol. The lowest BCUT2D eigenvalue weighted by Gasteiger charge is -2.31. The number of likely N-dealkylation sites (N-methyl/N-ethyl adjacent to an activating group) is 1. The van der Waals surface area contributed by atoms with Gasteiger partial charge in [0.2, 0.25) is 10.0 Å². The first-order valence-electron chi connectivity index (χ1n) is 5.89. The van der Waals surface area contributed by atoms with Crippen molar-refractivity contribution in [3.63, 3.8) is 0 Å². The fraction of sp³-hybridized carbons (Fsp3) is 0.900. The molecule has 8 heteroatoms. The molecule has 1 aliphatic heterocycles. The Labute approximate surface area is 107 Å². The molecule has 0 radical (unpaired) electrons. The summed E-state index contributed by atoms with van der Waals surface area (Å²) in [5, 5.41) is 2.93. The van der Waals surface area contributed by atoms with Crippen LogP contribution in [0.15, 0.2) is 0 Å². The molecule has 0 aromatic heterocycles. The van der Waals surface area contributed by atoms with Crippen LogP contribution in [-0.4, -0.2) is 70.4 Å². The molecule has 0 aliphatic carbocycles. The Balaban J connectivity index is 2.58. The molecular formula is C10H20N2O5S. The van der Waals surface area contributed by atoms with Gasteiger partial charge in [-0.15, -0.1) is 0 Å². The van der Waals surface area contributed by atoms with Crippen LogP contribution in [-0.2, 0) is 24.3 Å². The van der Waals surface area contributed by atoms with Crippen molar-refractivity contribution in [1.29, 1.82) is 0 Å². The second-order valence-electron chi connectivity index (χ2n) is 3.97. The van der Waals surface area contributed by atoms with Gasteiger partial charge in [0.25, 0.3) is 0 Å². The predicted octanol–water partition coefficient (Wildman–Crippen LogP) is -1.20. The Kier molecular flexibility index (Phi) is 6.00. The first-order chi connectivity index (χ1) is 8.49. The fourth-order valence-corrected chi connectivity index (χ4v) is 3.05. The number of nitrogens with one attached hydrogen (secondary N) is 1. The van der Waals surface area contributed by atoms with Crippen molar-refractivity contribution in [2.45, 2.75) is 13.0 Å². The number of sulfonamides is 1. The van der Waals surface area contributed by atoms with Crippen LogP contribution in [0.5, 0.6) is 0 Å². The van der Waals surface area contributed by atoms with Gasteiger partial charge in [-0.25, -0.2) is 8.42 Å². The maximum Gasteiger partial charge on any atom is 0.322 e. The van der Waals surface area contributed by atoms with E-state index in [2.05, 4.69) is 10.1 Å². The van der Waals surface area contributed by atoms with Gasteiger partial charge in [-0.05, 0) is 14.0 Å². The molecule has 1 fully saturated rings. The minimum absolute atomic E-state index is 0.180. The van der Waals surface area contributed by atoms with Crippen LogP contribution in [0.4, 0.5) is 0 Å². The van der Waals surface area contributed by atoms with E-state index in [0.717, 1.165) is 0 Å². The Bertz CT molecular complexity index is 368. The smallest absolute Gasteiger partial charge is 0.322 e. The molecule has 1 saturated heterocycles. The normalized spacial score (nSPS) is 21.8. The lowest BCUT2D eigenvalue weighted by molar-refractivity contribution is -0.140. The second kappa shape index (κ2) is 7.03. The molecule has 0 aromatic rings. The van der Waals surface area contributed by atoms with Gasteiger partial charge >= 0.3 is 5.97 Å². The lowest BCUT2D eigenvalue weighted by Crippen LogP contribution is -2.49. The maximum absolute atomic E-state index is 12.0. The van der Waals surface area contributed by atoms with Gasteiger partial charge in [0.05, 0.1) is 19.3 Å². The van der Waals surface area contributed by atoms with Crippen molar-refractivity contribution in [3.8, 4) is 0 Å². The molecule has 1 atom stereocenters. The van der Waals surface area contributed by atoms with Crippen molar-refractivity contribution in [3.05, 3.63) is 0 Å². The fourth-order valence-electron chi connectivity index (χ4n) is 1.74. The van der Waals surface area contributed by atoms with Crippen LogP contribution in [0.1, 0.15) is 6.92 Å². The summed E-state index contributed by atoms with van der Waals surface area (Å²) in [4.78, 5) is 11.2. The van der Waals surface area contributed by atoms with E-state index >= 15 is 0 Å². The highest BCUT2D eigenvalue weighted by Gasteiger charge is 2.31. The Hall–Kier alpha value is -0.700. The van der Waals surface area contributed by atoms with E-state index in [4.69, 9.17) is 4.74 Å². The van der Waals surface area contributed by atoms with Crippen LogP contribution in [0, 0.1) is 0 Å². The number of hydrogen-bond donors (Lipinski definition) is 1. The topological polar surface area (TPSA) is 84.9 Å². The molecule has 0 bridgehead atoms. The third kappa shape index (κ3) is 4.52. The van der Waals surface area contributed by atoms with E-state index in [0.29, 0.717) is 13.2 Å². The third-order valence-electron chi connectivity index (χ3n) is 2.53. The SMILES string of the molecule is CCOC(=O)CS(=O)(=O)N1CCOC(CNC)C1. The quantitative estimate of drug-likeness (QED) is 0.615. The molecular weight excluding hydrogens is 260 g/mol. The molecule has 7 nitrogen and oxygen atoms in total. The average Bonchev–Trinajstić information content (AvgIpc) is 2.29. The summed E-state index contributed by atoms with van der Waals surface area (Å²) >= 11 is 0. The number of ether oxygens (including phenoxy) is 2. The highest BCUT2D eigenvalue weighted by Crippen LogP contribution is 2.10. The van der Waals surface area contributed by atoms with Gasteiger partial charge in [-0.1, -0.05) is 0 Å². The summed E-state index contributed by atoms with van der Waals surface area (Å²) < 4.78 is 35.3. The third-order valence-corrected chi connectivity index (χ3v) is 4.25. The molecule has 0 saturated carbocycles. The molecule has 0 aromatic carbocycles. The summed E-state index contributed by atoms with van der Waals surface area (Å²) in [5.41, 5.74) is 0. The molecule has 18 heavy (non-hydrogen) atoms. The van der Waals surface area contributed by atoms with E-state index in [-0.39, 0.29) is 25.8 Å². The summed E-state index contributed by atoms with van der Waals surface area (Å²) in [6.07, 6.45) is -0.180. The molecule has 1 N–H and O–H groups in total. The van der Waals surface area contributed by atoms with Crippen molar-refractivity contribution in [1.82, 2.24) is 9.62 Å². The van der Waals surface area contributed by atoms with E-state index in [9.17, 15) is 13.2 Å². The molecule has 0 amide bonds. The minimum Gasteiger partial charge on any atom is -0.465 e. The maximum atomic E-state index is 12.0. The number of morpholine rings is 1. The minimum atomic E-state index is -3.60. The Morgan fingerprint density at radius 3 is 2.89 bits per heavy atom. The number of hydrogen-bond acceptors (Lipinski definition) is 6. The zero-order valence-electron chi connectivity index (χ0n) is 10.7. The van der Waals surface area contributed by atoms with Crippen molar-refractivity contribution < 1.29 is 22.7 Å². The highest BCUT2D eigenvalue weighted by atomic mass is 32.2. The van der Waals surface area contributed by atoms with Gasteiger partial charge in [-0.3, -0.25) is 4.79 Å². The number of nitrogens with zero attached hydrogens (tertiary/aromatic N) is 1. The molecule has 106 valence electrons.